The molecule has 0 aliphatic heterocycles. The van der Waals surface area contributed by atoms with Crippen LogP contribution < -0.4 is 4.72 Å². The van der Waals surface area contributed by atoms with E-state index in [0.717, 1.165) is 6.07 Å². The molecule has 0 amide bonds. The summed E-state index contributed by atoms with van der Waals surface area (Å²) in [5.41, 5.74) is -1.09. The van der Waals surface area contributed by atoms with Crippen LogP contribution in [-0.4, -0.2) is 29.0 Å². The number of imidazole rings is 1. The van der Waals surface area contributed by atoms with Crippen LogP contribution in [0.2, 0.25) is 0 Å². The van der Waals surface area contributed by atoms with E-state index in [1.165, 1.54) is 29.2 Å². The number of aromatic nitrogens is 2. The third-order valence-electron chi connectivity index (χ3n) is 2.72. The summed E-state index contributed by atoms with van der Waals surface area (Å²) in [6.07, 6.45) is 2.63. The van der Waals surface area contributed by atoms with Gasteiger partial charge in [-0.05, 0) is 19.1 Å². The predicted octanol–water partition coefficient (Wildman–Crippen LogP) is 1.54. The van der Waals surface area contributed by atoms with Gasteiger partial charge in [0.1, 0.15) is 11.4 Å². The maximum Gasteiger partial charge on any atom is 0.340 e. The molecule has 1 heterocycles. The first kappa shape index (κ1) is 15.0. The van der Waals surface area contributed by atoms with Crippen LogP contribution in [0.1, 0.15) is 17.3 Å². The van der Waals surface area contributed by atoms with E-state index in [1.54, 1.807) is 6.92 Å². The fourth-order valence-electron chi connectivity index (χ4n) is 1.67. The smallest absolute Gasteiger partial charge is 0.340 e. The zero-order chi connectivity index (χ0) is 15.6. The van der Waals surface area contributed by atoms with E-state index in [0.29, 0.717) is 6.54 Å². The monoisotopic (exact) mass is 313 g/mol. The number of hydrogen-bond acceptors (Lipinski definition) is 4. The number of benzene rings is 1. The Hall–Kier alpha value is -2.42. The van der Waals surface area contributed by atoms with E-state index >= 15 is 0 Å². The van der Waals surface area contributed by atoms with Crippen LogP contribution in [-0.2, 0) is 16.6 Å². The normalized spacial score (nSPS) is 11.3. The van der Waals surface area contributed by atoms with Crippen molar-refractivity contribution in [3.05, 3.63) is 42.1 Å². The second kappa shape index (κ2) is 5.52. The van der Waals surface area contributed by atoms with Crippen molar-refractivity contribution in [1.29, 1.82) is 0 Å². The zero-order valence-electron chi connectivity index (χ0n) is 10.9. The minimum atomic E-state index is -4.09. The molecular formula is C12H12FN3O4S. The number of halogens is 1. The van der Waals surface area contributed by atoms with Gasteiger partial charge in [-0.25, -0.2) is 14.2 Å². The fourth-order valence-corrected chi connectivity index (χ4v) is 2.70. The number of rotatable bonds is 5. The van der Waals surface area contributed by atoms with Crippen LogP contribution in [0, 0.1) is 5.82 Å². The Balaban J connectivity index is 2.42. The molecule has 0 fully saturated rings. The van der Waals surface area contributed by atoms with Crippen molar-refractivity contribution >= 4 is 21.7 Å². The molecule has 0 radical (unpaired) electrons. The Kier molecular flexibility index (Phi) is 3.94. The molecule has 0 aliphatic carbocycles. The van der Waals surface area contributed by atoms with Crippen LogP contribution >= 0.6 is 0 Å². The molecule has 1 aromatic carbocycles. The van der Waals surface area contributed by atoms with Crippen LogP contribution in [0.25, 0.3) is 0 Å². The highest BCUT2D eigenvalue weighted by atomic mass is 32.2. The summed E-state index contributed by atoms with van der Waals surface area (Å²) < 4.78 is 41.3. The van der Waals surface area contributed by atoms with Crippen LogP contribution in [0.5, 0.6) is 0 Å². The lowest BCUT2D eigenvalue weighted by atomic mass is 10.2. The van der Waals surface area contributed by atoms with Crippen molar-refractivity contribution < 1.29 is 22.7 Å². The van der Waals surface area contributed by atoms with Crippen molar-refractivity contribution in [2.45, 2.75) is 18.5 Å². The highest BCUT2D eigenvalue weighted by molar-refractivity contribution is 7.92. The number of hydrogen-bond donors (Lipinski definition) is 2. The molecule has 0 spiro atoms. The van der Waals surface area contributed by atoms with Gasteiger partial charge in [0.15, 0.2) is 5.03 Å². The molecule has 7 nitrogen and oxygen atoms in total. The van der Waals surface area contributed by atoms with Gasteiger partial charge in [-0.3, -0.25) is 4.72 Å². The molecule has 0 aliphatic rings. The van der Waals surface area contributed by atoms with Gasteiger partial charge in [0, 0.05) is 12.7 Å². The van der Waals surface area contributed by atoms with Crippen LogP contribution in [0.4, 0.5) is 10.1 Å². The second-order valence-electron chi connectivity index (χ2n) is 4.12. The summed E-state index contributed by atoms with van der Waals surface area (Å²) in [5, 5.41) is 8.69. The van der Waals surface area contributed by atoms with Crippen LogP contribution in [0.15, 0.2) is 35.7 Å². The maximum atomic E-state index is 13.5. The van der Waals surface area contributed by atoms with Gasteiger partial charge < -0.3 is 9.67 Å². The van der Waals surface area contributed by atoms with Gasteiger partial charge in [0.2, 0.25) is 0 Å². The fraction of sp³-hybridized carbons (Fsp3) is 0.167. The molecule has 2 aromatic rings. The summed E-state index contributed by atoms with van der Waals surface area (Å²) in [6.45, 7) is 2.34. The Bertz CT molecular complexity index is 786. The summed E-state index contributed by atoms with van der Waals surface area (Å²) in [4.78, 5) is 14.7. The number of carboxylic acid groups (broad SMARTS) is 1. The molecule has 0 bridgehead atoms. The number of carboxylic acids is 1. The summed E-state index contributed by atoms with van der Waals surface area (Å²) in [6, 6.07) is 3.32. The number of anilines is 1. The maximum absolute atomic E-state index is 13.5. The lowest BCUT2D eigenvalue weighted by Crippen LogP contribution is -2.16. The largest absolute Gasteiger partial charge is 0.478 e. The van der Waals surface area contributed by atoms with Crippen molar-refractivity contribution in [3.8, 4) is 0 Å². The summed E-state index contributed by atoms with van der Waals surface area (Å²) >= 11 is 0. The Morgan fingerprint density at radius 2 is 2.19 bits per heavy atom. The van der Waals surface area contributed by atoms with Gasteiger partial charge in [-0.2, -0.15) is 8.42 Å². The summed E-state index contributed by atoms with van der Waals surface area (Å²) in [7, 11) is -4.09. The Morgan fingerprint density at radius 1 is 1.48 bits per heavy atom. The topological polar surface area (TPSA) is 101 Å². The van der Waals surface area contributed by atoms with E-state index in [-0.39, 0.29) is 10.7 Å². The second-order valence-corrected chi connectivity index (χ2v) is 5.74. The van der Waals surface area contributed by atoms with E-state index in [1.807, 2.05) is 4.72 Å². The molecule has 0 atom stereocenters. The highest BCUT2D eigenvalue weighted by Gasteiger charge is 2.22. The molecule has 112 valence electrons. The van der Waals surface area contributed by atoms with Gasteiger partial charge >= 0.3 is 5.97 Å². The lowest BCUT2D eigenvalue weighted by molar-refractivity contribution is 0.0693. The quantitative estimate of drug-likeness (QED) is 0.872. The number of nitrogens with zero attached hydrogens (tertiary/aromatic N) is 2. The van der Waals surface area contributed by atoms with Gasteiger partial charge in [0.05, 0.1) is 12.0 Å². The lowest BCUT2D eigenvalue weighted by Gasteiger charge is -2.09. The molecular weight excluding hydrogens is 301 g/mol. The number of sulfonamides is 1. The molecule has 9 heteroatoms. The highest BCUT2D eigenvalue weighted by Crippen LogP contribution is 2.22. The van der Waals surface area contributed by atoms with Gasteiger partial charge in [-0.15, -0.1) is 0 Å². The first-order valence-corrected chi connectivity index (χ1v) is 7.40. The van der Waals surface area contributed by atoms with Crippen molar-refractivity contribution in [3.63, 3.8) is 0 Å². The van der Waals surface area contributed by atoms with Crippen molar-refractivity contribution in [1.82, 2.24) is 9.55 Å². The molecule has 21 heavy (non-hydrogen) atoms. The molecule has 2 N–H and O–H groups in total. The van der Waals surface area contributed by atoms with E-state index in [9.17, 15) is 17.6 Å². The molecule has 1 aromatic heterocycles. The molecule has 0 saturated carbocycles. The predicted molar refractivity (Wildman–Crippen MR) is 72.1 cm³/mol. The third kappa shape index (κ3) is 3.02. The number of carbonyl (C=O) groups is 1. The Morgan fingerprint density at radius 3 is 2.76 bits per heavy atom. The SMILES string of the molecule is CCn1cnc(S(=O)(=O)Nc2cccc(F)c2C(=O)O)c1. The van der Waals surface area contributed by atoms with Gasteiger partial charge in [-0.1, -0.05) is 6.07 Å². The molecule has 0 saturated heterocycles. The van der Waals surface area contributed by atoms with Gasteiger partial charge in [0.25, 0.3) is 10.0 Å². The first-order valence-electron chi connectivity index (χ1n) is 5.91. The Labute approximate surface area is 120 Å². The van der Waals surface area contributed by atoms with Crippen molar-refractivity contribution in [2.24, 2.45) is 0 Å². The number of nitrogens with one attached hydrogen (secondary N) is 1. The minimum absolute atomic E-state index is 0.273. The van der Waals surface area contributed by atoms with Crippen molar-refractivity contribution in [2.75, 3.05) is 4.72 Å². The third-order valence-corrected chi connectivity index (χ3v) is 3.97. The summed E-state index contributed by atoms with van der Waals surface area (Å²) in [5.74, 6) is -2.59. The zero-order valence-corrected chi connectivity index (χ0v) is 11.8. The average Bonchev–Trinajstić information content (AvgIpc) is 2.87. The number of aryl methyl sites for hydroxylation is 1. The van der Waals surface area contributed by atoms with E-state index < -0.39 is 27.4 Å². The van der Waals surface area contributed by atoms with E-state index in [4.69, 9.17) is 5.11 Å². The molecule has 2 rings (SSSR count). The van der Waals surface area contributed by atoms with E-state index in [2.05, 4.69) is 4.98 Å². The first-order chi connectivity index (χ1) is 9.85. The standard InChI is InChI=1S/C12H12FN3O4S/c1-2-16-6-10(14-7-16)21(19,20)15-9-5-3-4-8(13)11(9)12(17)18/h3-7,15H,2H2,1H3,(H,17,18). The molecule has 0 unspecified atom stereocenters. The van der Waals surface area contributed by atoms with Crippen LogP contribution in [0.3, 0.4) is 0 Å². The average molecular weight is 313 g/mol. The minimum Gasteiger partial charge on any atom is -0.478 e. The number of aromatic carboxylic acids is 1.